The number of hydrogen-bond donors (Lipinski definition) is 1. The number of nitrogens with one attached hydrogen (secondary N) is 1. The molecule has 0 aliphatic heterocycles. The Hall–Kier alpha value is -3.98. The highest BCUT2D eigenvalue weighted by Crippen LogP contribution is 2.36. The van der Waals surface area contributed by atoms with Crippen LogP contribution in [0, 0.1) is 0 Å². The normalized spacial score (nSPS) is 11.5. The average Bonchev–Trinajstić information content (AvgIpc) is 3.12. The van der Waals surface area contributed by atoms with Crippen LogP contribution in [0.5, 0.6) is 0 Å². The molecule has 1 N–H and O–H groups in total. The quantitative estimate of drug-likeness (QED) is 0.415. The lowest BCUT2D eigenvalue weighted by Crippen LogP contribution is -2.19. The Labute approximate surface area is 169 Å². The molecular formula is C26H18N2O. The lowest BCUT2D eigenvalue weighted by atomic mass is 10.0. The summed E-state index contributed by atoms with van der Waals surface area (Å²) in [5, 5.41) is 4.48. The summed E-state index contributed by atoms with van der Waals surface area (Å²) in [6.07, 6.45) is 0. The van der Waals surface area contributed by atoms with E-state index in [-0.39, 0.29) is 5.91 Å². The predicted molar refractivity (Wildman–Crippen MR) is 117 cm³/mol. The molecule has 1 aliphatic rings. The fourth-order valence-corrected chi connectivity index (χ4v) is 3.73. The van der Waals surface area contributed by atoms with E-state index in [0.717, 1.165) is 39.1 Å². The van der Waals surface area contributed by atoms with Crippen LogP contribution in [0.25, 0.3) is 22.3 Å². The minimum absolute atomic E-state index is 0.223. The van der Waals surface area contributed by atoms with Crippen molar-refractivity contribution in [2.75, 3.05) is 0 Å². The summed E-state index contributed by atoms with van der Waals surface area (Å²) < 4.78 is 0. The van der Waals surface area contributed by atoms with E-state index < -0.39 is 0 Å². The van der Waals surface area contributed by atoms with Gasteiger partial charge in [-0.2, -0.15) is 5.10 Å². The fraction of sp³-hybridized carbons (Fsp3) is 0. The monoisotopic (exact) mass is 374 g/mol. The molecular weight excluding hydrogens is 356 g/mol. The largest absolute Gasteiger partial charge is 0.271 e. The Morgan fingerprint density at radius 1 is 0.552 bits per heavy atom. The summed E-state index contributed by atoms with van der Waals surface area (Å²) in [4.78, 5) is 12.7. The highest BCUT2D eigenvalue weighted by atomic mass is 16.2. The van der Waals surface area contributed by atoms with Crippen molar-refractivity contribution < 1.29 is 4.79 Å². The van der Waals surface area contributed by atoms with E-state index in [0.29, 0.717) is 5.56 Å². The molecule has 0 saturated heterocycles. The van der Waals surface area contributed by atoms with E-state index in [1.807, 2.05) is 78.9 Å². The van der Waals surface area contributed by atoms with Gasteiger partial charge in [-0.05, 0) is 34.4 Å². The van der Waals surface area contributed by atoms with Gasteiger partial charge in [0.05, 0.1) is 5.71 Å². The van der Waals surface area contributed by atoms with Crippen molar-refractivity contribution in [1.82, 2.24) is 5.43 Å². The topological polar surface area (TPSA) is 41.5 Å². The van der Waals surface area contributed by atoms with Crippen LogP contribution < -0.4 is 5.43 Å². The van der Waals surface area contributed by atoms with E-state index >= 15 is 0 Å². The van der Waals surface area contributed by atoms with Gasteiger partial charge in [0.2, 0.25) is 0 Å². The second-order valence-electron chi connectivity index (χ2n) is 6.94. The molecule has 0 bridgehead atoms. The van der Waals surface area contributed by atoms with Crippen molar-refractivity contribution in [3.8, 4) is 22.3 Å². The van der Waals surface area contributed by atoms with Gasteiger partial charge in [-0.15, -0.1) is 0 Å². The lowest BCUT2D eigenvalue weighted by molar-refractivity contribution is 0.0955. The van der Waals surface area contributed by atoms with Crippen molar-refractivity contribution >= 4 is 11.6 Å². The molecule has 3 heteroatoms. The first kappa shape index (κ1) is 17.1. The molecule has 4 aromatic rings. The number of hydrazone groups is 1. The van der Waals surface area contributed by atoms with Crippen molar-refractivity contribution in [1.29, 1.82) is 0 Å². The molecule has 0 aromatic heterocycles. The SMILES string of the molecule is O=C(NN=C1c2ccccc2-c2ccccc21)c1ccc(-c2ccccc2)cc1. The number of amides is 1. The van der Waals surface area contributed by atoms with Crippen molar-refractivity contribution in [3.05, 3.63) is 120 Å². The third-order valence-corrected chi connectivity index (χ3v) is 5.18. The number of benzene rings is 4. The Morgan fingerprint density at radius 2 is 1.03 bits per heavy atom. The smallest absolute Gasteiger partial charge is 0.267 e. The van der Waals surface area contributed by atoms with Crippen molar-refractivity contribution in [2.45, 2.75) is 0 Å². The summed E-state index contributed by atoms with van der Waals surface area (Å²) in [6.45, 7) is 0. The maximum Gasteiger partial charge on any atom is 0.271 e. The van der Waals surface area contributed by atoms with E-state index in [1.165, 1.54) is 0 Å². The molecule has 1 aliphatic carbocycles. The zero-order valence-corrected chi connectivity index (χ0v) is 15.7. The fourth-order valence-electron chi connectivity index (χ4n) is 3.73. The van der Waals surface area contributed by atoms with E-state index in [2.05, 4.69) is 34.8 Å². The zero-order chi connectivity index (χ0) is 19.6. The third-order valence-electron chi connectivity index (χ3n) is 5.18. The van der Waals surface area contributed by atoms with E-state index in [1.54, 1.807) is 0 Å². The first-order chi connectivity index (χ1) is 14.3. The lowest BCUT2D eigenvalue weighted by Gasteiger charge is -2.05. The van der Waals surface area contributed by atoms with Gasteiger partial charge in [0.15, 0.2) is 0 Å². The summed E-state index contributed by atoms with van der Waals surface area (Å²) in [5.41, 5.74) is 10.7. The Bertz CT molecular complexity index is 1180. The minimum Gasteiger partial charge on any atom is -0.267 e. The van der Waals surface area contributed by atoms with Crippen LogP contribution in [0.4, 0.5) is 0 Å². The number of nitrogens with zero attached hydrogens (tertiary/aromatic N) is 1. The number of carbonyl (C=O) groups is 1. The molecule has 0 heterocycles. The maximum atomic E-state index is 12.7. The summed E-state index contributed by atoms with van der Waals surface area (Å²) in [7, 11) is 0. The van der Waals surface area contributed by atoms with Gasteiger partial charge in [-0.1, -0.05) is 91.0 Å². The van der Waals surface area contributed by atoms with Crippen LogP contribution in [-0.2, 0) is 0 Å². The van der Waals surface area contributed by atoms with E-state index in [4.69, 9.17) is 0 Å². The second kappa shape index (κ2) is 7.21. The van der Waals surface area contributed by atoms with E-state index in [9.17, 15) is 4.79 Å². The molecule has 0 saturated carbocycles. The number of carbonyl (C=O) groups excluding carboxylic acids is 1. The molecule has 3 nitrogen and oxygen atoms in total. The molecule has 5 rings (SSSR count). The number of fused-ring (bicyclic) bond motifs is 3. The molecule has 0 fully saturated rings. The van der Waals surface area contributed by atoms with Crippen LogP contribution in [0.15, 0.2) is 108 Å². The first-order valence-corrected chi connectivity index (χ1v) is 9.54. The Kier molecular flexibility index (Phi) is 4.26. The van der Waals surface area contributed by atoms with Gasteiger partial charge in [0.1, 0.15) is 0 Å². The van der Waals surface area contributed by atoms with Gasteiger partial charge >= 0.3 is 0 Å². The van der Waals surface area contributed by atoms with Crippen LogP contribution in [0.3, 0.4) is 0 Å². The van der Waals surface area contributed by atoms with Crippen LogP contribution >= 0.6 is 0 Å². The summed E-state index contributed by atoms with van der Waals surface area (Å²) in [6, 6.07) is 33.9. The molecule has 0 radical (unpaired) electrons. The average molecular weight is 374 g/mol. The van der Waals surface area contributed by atoms with Gasteiger partial charge in [-0.25, -0.2) is 5.43 Å². The Balaban J connectivity index is 1.41. The highest BCUT2D eigenvalue weighted by Gasteiger charge is 2.24. The predicted octanol–water partition coefficient (Wildman–Crippen LogP) is 5.52. The second-order valence-corrected chi connectivity index (χ2v) is 6.94. The van der Waals surface area contributed by atoms with Gasteiger partial charge < -0.3 is 0 Å². The molecule has 0 unspecified atom stereocenters. The van der Waals surface area contributed by atoms with Crippen LogP contribution in [0.1, 0.15) is 21.5 Å². The zero-order valence-electron chi connectivity index (χ0n) is 15.7. The maximum absolute atomic E-state index is 12.7. The van der Waals surface area contributed by atoms with Crippen molar-refractivity contribution in [3.63, 3.8) is 0 Å². The van der Waals surface area contributed by atoms with Gasteiger partial charge in [0.25, 0.3) is 5.91 Å². The molecule has 4 aromatic carbocycles. The van der Waals surface area contributed by atoms with Gasteiger partial charge in [0, 0.05) is 16.7 Å². The molecule has 1 amide bonds. The van der Waals surface area contributed by atoms with Gasteiger partial charge in [-0.3, -0.25) is 4.79 Å². The number of hydrogen-bond acceptors (Lipinski definition) is 2. The summed E-state index contributed by atoms with van der Waals surface area (Å²) >= 11 is 0. The summed E-state index contributed by atoms with van der Waals surface area (Å²) in [5.74, 6) is -0.223. The molecule has 0 atom stereocenters. The minimum atomic E-state index is -0.223. The molecule has 0 spiro atoms. The van der Waals surface area contributed by atoms with Crippen LogP contribution in [0.2, 0.25) is 0 Å². The van der Waals surface area contributed by atoms with Crippen LogP contribution in [-0.4, -0.2) is 11.6 Å². The van der Waals surface area contributed by atoms with Crippen molar-refractivity contribution in [2.24, 2.45) is 5.10 Å². The number of rotatable bonds is 3. The first-order valence-electron chi connectivity index (χ1n) is 9.54. The molecule has 29 heavy (non-hydrogen) atoms. The Morgan fingerprint density at radius 3 is 1.62 bits per heavy atom. The molecule has 138 valence electrons. The third kappa shape index (κ3) is 3.13. The highest BCUT2D eigenvalue weighted by molar-refractivity contribution is 6.24. The standard InChI is InChI=1S/C26H18N2O/c29-26(20-16-14-19(15-17-20)18-8-2-1-3-9-18)28-27-25-23-12-6-4-10-21(23)22-11-5-7-13-24(22)25/h1-17H,(H,28,29).